The molecule has 1 aromatic carbocycles. The first-order valence-electron chi connectivity index (χ1n) is 8.66. The molecule has 0 saturated carbocycles. The number of rotatable bonds is 8. The number of hydrogen-bond donors (Lipinski definition) is 2. The second-order valence-electron chi connectivity index (χ2n) is 6.19. The molecular weight excluding hydrogens is 298 g/mol. The van der Waals surface area contributed by atoms with Crippen molar-refractivity contribution in [3.05, 3.63) is 53.9 Å². The molecule has 0 fully saturated rings. The summed E-state index contributed by atoms with van der Waals surface area (Å²) in [4.78, 5) is 4.31. The van der Waals surface area contributed by atoms with Gasteiger partial charge in [0.25, 0.3) is 0 Å². The van der Waals surface area contributed by atoms with Crippen LogP contribution in [-0.4, -0.2) is 35.4 Å². The van der Waals surface area contributed by atoms with Crippen LogP contribution in [0.1, 0.15) is 30.9 Å². The van der Waals surface area contributed by atoms with Gasteiger partial charge in [-0.3, -0.25) is 9.67 Å². The van der Waals surface area contributed by atoms with Crippen LogP contribution < -0.4 is 10.6 Å². The highest BCUT2D eigenvalue weighted by molar-refractivity contribution is 5.79. The van der Waals surface area contributed by atoms with Crippen molar-refractivity contribution in [3.8, 4) is 0 Å². The van der Waals surface area contributed by atoms with Gasteiger partial charge in [-0.05, 0) is 43.7 Å². The summed E-state index contributed by atoms with van der Waals surface area (Å²) in [6, 6.07) is 11.0. The fourth-order valence-electron chi connectivity index (χ4n) is 2.63. The lowest BCUT2D eigenvalue weighted by atomic mass is 10.1. The number of guanidine groups is 1. The SMILES string of the molecule is CN=C(NCCCc1cnn(C)c1)NC(C)CCc1ccccc1. The monoisotopic (exact) mass is 327 g/mol. The Morgan fingerprint density at radius 2 is 2.00 bits per heavy atom. The van der Waals surface area contributed by atoms with Crippen LogP contribution in [0.15, 0.2) is 47.7 Å². The molecule has 2 N–H and O–H groups in total. The van der Waals surface area contributed by atoms with E-state index in [0.717, 1.165) is 38.2 Å². The Balaban J connectivity index is 1.64. The van der Waals surface area contributed by atoms with Gasteiger partial charge in [-0.2, -0.15) is 5.10 Å². The van der Waals surface area contributed by atoms with E-state index in [9.17, 15) is 0 Å². The first kappa shape index (κ1) is 18.0. The zero-order valence-electron chi connectivity index (χ0n) is 15.0. The van der Waals surface area contributed by atoms with E-state index in [0.29, 0.717) is 6.04 Å². The number of aliphatic imine (C=N–C) groups is 1. The van der Waals surface area contributed by atoms with Crippen LogP contribution in [0.3, 0.4) is 0 Å². The molecule has 130 valence electrons. The number of nitrogens with zero attached hydrogens (tertiary/aromatic N) is 3. The molecule has 2 aromatic rings. The fraction of sp³-hybridized carbons (Fsp3) is 0.474. The Hall–Kier alpha value is -2.30. The van der Waals surface area contributed by atoms with Crippen molar-refractivity contribution >= 4 is 5.96 Å². The van der Waals surface area contributed by atoms with Crippen LogP contribution in [-0.2, 0) is 19.9 Å². The zero-order chi connectivity index (χ0) is 17.2. The molecule has 0 radical (unpaired) electrons. The third kappa shape index (κ3) is 6.44. The maximum atomic E-state index is 4.31. The van der Waals surface area contributed by atoms with Gasteiger partial charge in [-0.25, -0.2) is 0 Å². The van der Waals surface area contributed by atoms with E-state index in [-0.39, 0.29) is 0 Å². The third-order valence-electron chi connectivity index (χ3n) is 4.01. The van der Waals surface area contributed by atoms with Gasteiger partial charge in [-0.15, -0.1) is 0 Å². The molecule has 24 heavy (non-hydrogen) atoms. The maximum absolute atomic E-state index is 4.31. The molecule has 2 rings (SSSR count). The number of nitrogens with one attached hydrogen (secondary N) is 2. The Kier molecular flexibility index (Phi) is 7.33. The van der Waals surface area contributed by atoms with E-state index in [2.05, 4.69) is 64.2 Å². The molecule has 0 saturated heterocycles. The minimum Gasteiger partial charge on any atom is -0.356 e. The largest absolute Gasteiger partial charge is 0.356 e. The molecule has 5 heteroatoms. The van der Waals surface area contributed by atoms with Crippen molar-refractivity contribution in [2.75, 3.05) is 13.6 Å². The van der Waals surface area contributed by atoms with Crippen LogP contribution in [0.2, 0.25) is 0 Å². The van der Waals surface area contributed by atoms with E-state index in [1.54, 1.807) is 0 Å². The van der Waals surface area contributed by atoms with Gasteiger partial charge >= 0.3 is 0 Å². The Morgan fingerprint density at radius 3 is 2.67 bits per heavy atom. The van der Waals surface area contributed by atoms with Crippen molar-refractivity contribution in [2.24, 2.45) is 12.0 Å². The predicted molar refractivity (Wildman–Crippen MR) is 100 cm³/mol. The van der Waals surface area contributed by atoms with E-state index in [1.165, 1.54) is 11.1 Å². The first-order valence-corrected chi connectivity index (χ1v) is 8.66. The highest BCUT2D eigenvalue weighted by atomic mass is 15.2. The summed E-state index contributed by atoms with van der Waals surface area (Å²) in [5, 5.41) is 11.0. The number of aryl methyl sites for hydroxylation is 3. The molecule has 0 bridgehead atoms. The van der Waals surface area contributed by atoms with Crippen LogP contribution in [0.25, 0.3) is 0 Å². The minimum atomic E-state index is 0.384. The van der Waals surface area contributed by atoms with Crippen LogP contribution in [0, 0.1) is 0 Å². The lowest BCUT2D eigenvalue weighted by Crippen LogP contribution is -2.42. The Bertz CT molecular complexity index is 618. The number of aromatic nitrogens is 2. The molecular formula is C19H29N5. The third-order valence-corrected chi connectivity index (χ3v) is 4.01. The molecule has 0 aliphatic heterocycles. The van der Waals surface area contributed by atoms with Gasteiger partial charge in [0.1, 0.15) is 0 Å². The summed E-state index contributed by atoms with van der Waals surface area (Å²) < 4.78 is 1.84. The number of hydrogen-bond acceptors (Lipinski definition) is 2. The summed E-state index contributed by atoms with van der Waals surface area (Å²) in [6.07, 6.45) is 8.25. The lowest BCUT2D eigenvalue weighted by Gasteiger charge is -2.18. The zero-order valence-corrected chi connectivity index (χ0v) is 15.0. The van der Waals surface area contributed by atoms with E-state index in [4.69, 9.17) is 0 Å². The summed E-state index contributed by atoms with van der Waals surface area (Å²) in [7, 11) is 3.77. The van der Waals surface area contributed by atoms with E-state index in [1.807, 2.05) is 25.0 Å². The van der Waals surface area contributed by atoms with Crippen LogP contribution in [0.4, 0.5) is 0 Å². The van der Waals surface area contributed by atoms with Gasteiger partial charge < -0.3 is 10.6 Å². The average molecular weight is 327 g/mol. The van der Waals surface area contributed by atoms with Crippen molar-refractivity contribution in [1.29, 1.82) is 0 Å². The van der Waals surface area contributed by atoms with Crippen molar-refractivity contribution in [1.82, 2.24) is 20.4 Å². The highest BCUT2D eigenvalue weighted by Gasteiger charge is 2.05. The smallest absolute Gasteiger partial charge is 0.191 e. The van der Waals surface area contributed by atoms with Crippen LogP contribution >= 0.6 is 0 Å². The van der Waals surface area contributed by atoms with Gasteiger partial charge in [0.15, 0.2) is 5.96 Å². The topological polar surface area (TPSA) is 54.2 Å². The molecule has 1 unspecified atom stereocenters. The molecule has 0 amide bonds. The molecule has 1 aromatic heterocycles. The normalized spacial score (nSPS) is 12.9. The van der Waals surface area contributed by atoms with Crippen molar-refractivity contribution in [3.63, 3.8) is 0 Å². The molecule has 1 atom stereocenters. The van der Waals surface area contributed by atoms with Crippen LogP contribution in [0.5, 0.6) is 0 Å². The minimum absolute atomic E-state index is 0.384. The van der Waals surface area contributed by atoms with Gasteiger partial charge in [0.05, 0.1) is 6.20 Å². The quantitative estimate of drug-likeness (QED) is 0.445. The van der Waals surface area contributed by atoms with Crippen molar-refractivity contribution < 1.29 is 0 Å². The average Bonchev–Trinajstić information content (AvgIpc) is 3.02. The Morgan fingerprint density at radius 1 is 1.21 bits per heavy atom. The fourth-order valence-corrected chi connectivity index (χ4v) is 2.63. The van der Waals surface area contributed by atoms with Crippen molar-refractivity contribution in [2.45, 2.75) is 38.6 Å². The van der Waals surface area contributed by atoms with E-state index >= 15 is 0 Å². The predicted octanol–water partition coefficient (Wildman–Crippen LogP) is 2.54. The lowest BCUT2D eigenvalue weighted by molar-refractivity contribution is 0.591. The van der Waals surface area contributed by atoms with Gasteiger partial charge in [-0.1, -0.05) is 30.3 Å². The first-order chi connectivity index (χ1) is 11.7. The molecule has 0 aliphatic carbocycles. The van der Waals surface area contributed by atoms with E-state index < -0.39 is 0 Å². The van der Waals surface area contributed by atoms with Gasteiger partial charge in [0.2, 0.25) is 0 Å². The summed E-state index contributed by atoms with van der Waals surface area (Å²) >= 11 is 0. The molecule has 0 aliphatic rings. The molecule has 0 spiro atoms. The standard InChI is InChI=1S/C19H29N5/c1-16(11-12-17-8-5-4-6-9-17)23-19(20-2)21-13-7-10-18-14-22-24(3)15-18/h4-6,8-9,14-16H,7,10-13H2,1-3H3,(H2,20,21,23). The molecule has 5 nitrogen and oxygen atoms in total. The van der Waals surface area contributed by atoms with Gasteiger partial charge in [0, 0.05) is 32.9 Å². The highest BCUT2D eigenvalue weighted by Crippen LogP contribution is 2.04. The maximum Gasteiger partial charge on any atom is 0.191 e. The summed E-state index contributed by atoms with van der Waals surface area (Å²) in [5.41, 5.74) is 2.66. The number of benzene rings is 1. The molecule has 1 heterocycles. The second kappa shape index (κ2) is 9.75. The summed E-state index contributed by atoms with van der Waals surface area (Å²) in [6.45, 7) is 3.10. The summed E-state index contributed by atoms with van der Waals surface area (Å²) in [5.74, 6) is 0.877. The Labute approximate surface area is 145 Å². The second-order valence-corrected chi connectivity index (χ2v) is 6.19.